The quantitative estimate of drug-likeness (QED) is 0.502. The van der Waals surface area contributed by atoms with Gasteiger partial charge in [0.15, 0.2) is 0 Å². The molecule has 2 aromatic rings. The van der Waals surface area contributed by atoms with Crippen molar-refractivity contribution in [1.82, 2.24) is 0 Å². The van der Waals surface area contributed by atoms with Gasteiger partial charge in [0.2, 0.25) is 0 Å². The second kappa shape index (κ2) is 8.71. The Labute approximate surface area is 182 Å². The molecule has 158 valence electrons. The largest absolute Gasteiger partial charge is 0.371 e. The van der Waals surface area contributed by atoms with Crippen molar-refractivity contribution in [2.24, 2.45) is 0 Å². The van der Waals surface area contributed by atoms with Crippen LogP contribution in [0, 0.1) is 0 Å². The number of nitrogens with zero attached hydrogens (tertiary/aromatic N) is 1. The summed E-state index contributed by atoms with van der Waals surface area (Å²) in [7, 11) is 2.32. The molecule has 3 unspecified atom stereocenters. The molecule has 0 spiro atoms. The number of rotatable bonds is 6. The van der Waals surface area contributed by atoms with Gasteiger partial charge in [0.1, 0.15) is 0 Å². The zero-order valence-electron chi connectivity index (χ0n) is 19.0. The fourth-order valence-electron chi connectivity index (χ4n) is 5.69. The van der Waals surface area contributed by atoms with Crippen molar-refractivity contribution < 1.29 is 0 Å². The van der Waals surface area contributed by atoms with Gasteiger partial charge < -0.3 is 10.2 Å². The molecule has 2 aliphatic rings. The van der Waals surface area contributed by atoms with E-state index in [1.807, 2.05) is 6.92 Å². The molecule has 0 aromatic heterocycles. The third kappa shape index (κ3) is 3.80. The summed E-state index contributed by atoms with van der Waals surface area (Å²) in [4.78, 5) is 2.59. The number of allylic oxidation sites excluding steroid dienone is 3. The Kier molecular flexibility index (Phi) is 6.04. The van der Waals surface area contributed by atoms with Gasteiger partial charge >= 0.3 is 0 Å². The van der Waals surface area contributed by atoms with E-state index in [1.165, 1.54) is 60.2 Å². The van der Waals surface area contributed by atoms with E-state index in [1.54, 1.807) is 5.57 Å². The first-order chi connectivity index (χ1) is 14.5. The molecule has 0 radical (unpaired) electrons. The molecule has 2 bridgehead atoms. The summed E-state index contributed by atoms with van der Waals surface area (Å²) >= 11 is 0. The van der Waals surface area contributed by atoms with Gasteiger partial charge in [-0.1, -0.05) is 61.9 Å². The van der Waals surface area contributed by atoms with E-state index >= 15 is 0 Å². The Morgan fingerprint density at radius 2 is 1.90 bits per heavy atom. The van der Waals surface area contributed by atoms with Gasteiger partial charge in [-0.05, 0) is 68.4 Å². The third-order valence-electron chi connectivity index (χ3n) is 7.03. The Morgan fingerprint density at radius 3 is 2.57 bits per heavy atom. The predicted molar refractivity (Wildman–Crippen MR) is 131 cm³/mol. The average molecular weight is 401 g/mol. The minimum atomic E-state index is 0.443. The van der Waals surface area contributed by atoms with Crippen LogP contribution in [0.25, 0.3) is 0 Å². The Bertz CT molecular complexity index is 941. The number of hydrogen-bond donors (Lipinski definition) is 1. The molecule has 0 fully saturated rings. The van der Waals surface area contributed by atoms with Crippen molar-refractivity contribution in [3.63, 3.8) is 0 Å². The summed E-state index contributed by atoms with van der Waals surface area (Å²) in [5.41, 5.74) is 9.67. The fraction of sp³-hybridized carbons (Fsp3) is 0.429. The van der Waals surface area contributed by atoms with E-state index in [2.05, 4.69) is 86.2 Å². The van der Waals surface area contributed by atoms with Crippen molar-refractivity contribution in [3.8, 4) is 0 Å². The van der Waals surface area contributed by atoms with Crippen molar-refractivity contribution in [2.45, 2.75) is 70.8 Å². The lowest BCUT2D eigenvalue weighted by molar-refractivity contribution is 0.473. The molecule has 0 saturated carbocycles. The van der Waals surface area contributed by atoms with E-state index in [0.29, 0.717) is 17.9 Å². The van der Waals surface area contributed by atoms with E-state index in [0.717, 1.165) is 5.70 Å². The zero-order valence-corrected chi connectivity index (χ0v) is 19.0. The van der Waals surface area contributed by atoms with E-state index in [9.17, 15) is 0 Å². The zero-order chi connectivity index (χ0) is 21.3. The lowest BCUT2D eigenvalue weighted by Crippen LogP contribution is -2.37. The second-order valence-electron chi connectivity index (χ2n) is 9.12. The predicted octanol–water partition coefficient (Wildman–Crippen LogP) is 7.60. The highest BCUT2D eigenvalue weighted by molar-refractivity contribution is 5.73. The first-order valence-electron chi connectivity index (χ1n) is 11.6. The van der Waals surface area contributed by atoms with Gasteiger partial charge in [0, 0.05) is 42.0 Å². The summed E-state index contributed by atoms with van der Waals surface area (Å²) in [6.07, 6.45) is 8.44. The Balaban J connectivity index is 1.93. The van der Waals surface area contributed by atoms with Gasteiger partial charge in [0.25, 0.3) is 0 Å². The SMILES string of the molecule is C=C(C)Nc1cc2c3c(c1)C(c1ccccc1)CCC(CC2/C(=C/C)CCC)N3C. The molecule has 3 atom stereocenters. The molecule has 2 heterocycles. The third-order valence-corrected chi connectivity index (χ3v) is 7.03. The van der Waals surface area contributed by atoms with E-state index in [4.69, 9.17) is 0 Å². The molecule has 2 aliphatic heterocycles. The molecule has 2 aromatic carbocycles. The van der Waals surface area contributed by atoms with Gasteiger partial charge in [-0.2, -0.15) is 0 Å². The van der Waals surface area contributed by atoms with Crippen molar-refractivity contribution in [2.75, 3.05) is 17.3 Å². The Hall–Kier alpha value is -2.48. The molecular formula is C28H36N2. The van der Waals surface area contributed by atoms with Crippen LogP contribution in [0.3, 0.4) is 0 Å². The second-order valence-corrected chi connectivity index (χ2v) is 9.12. The molecule has 1 N–H and O–H groups in total. The van der Waals surface area contributed by atoms with Crippen LogP contribution in [0.5, 0.6) is 0 Å². The fourth-order valence-corrected chi connectivity index (χ4v) is 5.69. The van der Waals surface area contributed by atoms with E-state index < -0.39 is 0 Å². The number of nitrogens with one attached hydrogen (secondary N) is 1. The summed E-state index contributed by atoms with van der Waals surface area (Å²) in [6.45, 7) is 10.7. The van der Waals surface area contributed by atoms with E-state index in [-0.39, 0.29) is 0 Å². The van der Waals surface area contributed by atoms with Crippen molar-refractivity contribution in [1.29, 1.82) is 0 Å². The highest BCUT2D eigenvalue weighted by atomic mass is 15.2. The average Bonchev–Trinajstić information content (AvgIpc) is 2.84. The highest BCUT2D eigenvalue weighted by Gasteiger charge is 2.38. The lowest BCUT2D eigenvalue weighted by Gasteiger charge is -2.41. The summed E-state index contributed by atoms with van der Waals surface area (Å²) in [5, 5.41) is 3.53. The maximum Gasteiger partial charge on any atom is 0.0445 e. The summed E-state index contributed by atoms with van der Waals surface area (Å²) in [6, 6.07) is 16.5. The lowest BCUT2D eigenvalue weighted by atomic mass is 9.78. The van der Waals surface area contributed by atoms with Crippen LogP contribution in [0.4, 0.5) is 11.4 Å². The minimum Gasteiger partial charge on any atom is -0.371 e. The van der Waals surface area contributed by atoms with Crippen molar-refractivity contribution >= 4 is 11.4 Å². The van der Waals surface area contributed by atoms with Gasteiger partial charge in [-0.25, -0.2) is 0 Å². The molecule has 4 rings (SSSR count). The standard InChI is InChI=1S/C28H36N2/c1-6-11-20(7-2)25-18-23-14-15-24(21-12-9-8-10-13-21)26-16-22(29-19(3)4)17-27(25)28(26)30(23)5/h7-10,12-13,16-17,23-25,29H,3,6,11,14-15,18H2,1-2,4-5H3/b20-7+. The molecule has 0 aliphatic carbocycles. The van der Waals surface area contributed by atoms with Crippen LogP contribution in [0.2, 0.25) is 0 Å². The monoisotopic (exact) mass is 400 g/mol. The number of hydrogen-bond acceptors (Lipinski definition) is 2. The molecular weight excluding hydrogens is 364 g/mol. The van der Waals surface area contributed by atoms with Crippen LogP contribution in [-0.4, -0.2) is 13.1 Å². The molecule has 0 saturated heterocycles. The van der Waals surface area contributed by atoms with Gasteiger partial charge in [-0.3, -0.25) is 0 Å². The maximum atomic E-state index is 4.11. The van der Waals surface area contributed by atoms with Crippen LogP contribution < -0.4 is 10.2 Å². The van der Waals surface area contributed by atoms with Crippen LogP contribution in [0.1, 0.15) is 81.4 Å². The maximum absolute atomic E-state index is 4.11. The summed E-state index contributed by atoms with van der Waals surface area (Å²) in [5.74, 6) is 0.963. The first kappa shape index (κ1) is 20.8. The topological polar surface area (TPSA) is 15.3 Å². The number of benzene rings is 2. The highest BCUT2D eigenvalue weighted by Crippen LogP contribution is 2.52. The number of fused-ring (bicyclic) bond motifs is 1. The van der Waals surface area contributed by atoms with Crippen LogP contribution >= 0.6 is 0 Å². The van der Waals surface area contributed by atoms with Crippen molar-refractivity contribution in [3.05, 3.63) is 83.1 Å². The number of anilines is 2. The van der Waals surface area contributed by atoms with Crippen LogP contribution in [-0.2, 0) is 0 Å². The minimum absolute atomic E-state index is 0.443. The van der Waals surface area contributed by atoms with Crippen LogP contribution in [0.15, 0.2) is 66.4 Å². The molecule has 30 heavy (non-hydrogen) atoms. The molecule has 0 amide bonds. The normalized spacial score (nSPS) is 23.1. The first-order valence-corrected chi connectivity index (χ1v) is 11.6. The Morgan fingerprint density at radius 1 is 1.17 bits per heavy atom. The molecule has 2 nitrogen and oxygen atoms in total. The smallest absolute Gasteiger partial charge is 0.0445 e. The summed E-state index contributed by atoms with van der Waals surface area (Å²) < 4.78 is 0. The molecule has 2 heteroatoms. The van der Waals surface area contributed by atoms with Gasteiger partial charge in [0.05, 0.1) is 0 Å². The van der Waals surface area contributed by atoms with Gasteiger partial charge in [-0.15, -0.1) is 0 Å².